The summed E-state index contributed by atoms with van der Waals surface area (Å²) in [5.41, 5.74) is 3.87. The van der Waals surface area contributed by atoms with Crippen LogP contribution in [0.1, 0.15) is 16.7 Å². The summed E-state index contributed by atoms with van der Waals surface area (Å²) in [6, 6.07) is 13.7. The van der Waals surface area contributed by atoms with Crippen LogP contribution in [0.15, 0.2) is 53.4 Å². The van der Waals surface area contributed by atoms with Crippen LogP contribution in [0.3, 0.4) is 0 Å². The Hall–Kier alpha value is -2.53. The second kappa shape index (κ2) is 9.25. The number of hydrogen-bond donors (Lipinski definition) is 1. The lowest BCUT2D eigenvalue weighted by atomic mass is 10.1. The molecular formula is C21H24N2O2S. The molecule has 2 amide bonds. The van der Waals surface area contributed by atoms with Crippen molar-refractivity contribution in [3.8, 4) is 0 Å². The third-order valence-corrected chi connectivity index (χ3v) is 4.91. The third kappa shape index (κ3) is 5.49. The maximum Gasteiger partial charge on any atom is 0.246 e. The number of aryl methyl sites for hydroxylation is 1. The van der Waals surface area contributed by atoms with Crippen molar-refractivity contribution in [2.75, 3.05) is 25.2 Å². The molecule has 4 nitrogen and oxygen atoms in total. The van der Waals surface area contributed by atoms with Crippen molar-refractivity contribution in [1.29, 1.82) is 0 Å². The highest BCUT2D eigenvalue weighted by atomic mass is 32.2. The van der Waals surface area contributed by atoms with Gasteiger partial charge in [-0.2, -0.15) is 0 Å². The number of anilines is 1. The molecule has 0 aliphatic rings. The number of nitrogens with one attached hydrogen (secondary N) is 1. The topological polar surface area (TPSA) is 49.4 Å². The van der Waals surface area contributed by atoms with E-state index in [-0.39, 0.29) is 18.4 Å². The number of amides is 2. The quantitative estimate of drug-likeness (QED) is 0.616. The lowest BCUT2D eigenvalue weighted by Gasteiger charge is -2.16. The lowest BCUT2D eigenvalue weighted by molar-refractivity contribution is -0.129. The monoisotopic (exact) mass is 368 g/mol. The van der Waals surface area contributed by atoms with Crippen LogP contribution < -0.4 is 5.32 Å². The van der Waals surface area contributed by atoms with E-state index >= 15 is 0 Å². The van der Waals surface area contributed by atoms with Gasteiger partial charge in [-0.1, -0.05) is 24.3 Å². The first kappa shape index (κ1) is 19.8. The fourth-order valence-corrected chi connectivity index (χ4v) is 2.79. The smallest absolute Gasteiger partial charge is 0.246 e. The predicted molar refractivity (Wildman–Crippen MR) is 109 cm³/mol. The Labute approximate surface area is 159 Å². The largest absolute Gasteiger partial charge is 0.333 e. The van der Waals surface area contributed by atoms with Crippen LogP contribution in [-0.2, 0) is 9.59 Å². The molecule has 0 aliphatic heterocycles. The van der Waals surface area contributed by atoms with Crippen LogP contribution >= 0.6 is 11.8 Å². The lowest BCUT2D eigenvalue weighted by Crippen LogP contribution is -2.34. The highest BCUT2D eigenvalue weighted by Crippen LogP contribution is 2.18. The molecule has 0 bridgehead atoms. The number of benzene rings is 2. The van der Waals surface area contributed by atoms with Gasteiger partial charge in [-0.05, 0) is 61.1 Å². The molecule has 0 fully saturated rings. The van der Waals surface area contributed by atoms with Gasteiger partial charge < -0.3 is 10.2 Å². The normalized spacial score (nSPS) is 10.8. The zero-order chi connectivity index (χ0) is 19.1. The van der Waals surface area contributed by atoms with Gasteiger partial charge in [0.1, 0.15) is 0 Å². The summed E-state index contributed by atoms with van der Waals surface area (Å²) in [5, 5.41) is 2.86. The number of carbonyl (C=O) groups excluding carboxylic acids is 2. The Morgan fingerprint density at radius 1 is 1.12 bits per heavy atom. The van der Waals surface area contributed by atoms with Crippen LogP contribution in [0.2, 0.25) is 0 Å². The van der Waals surface area contributed by atoms with E-state index in [1.807, 2.05) is 62.6 Å². The summed E-state index contributed by atoms with van der Waals surface area (Å²) >= 11 is 1.67. The summed E-state index contributed by atoms with van der Waals surface area (Å²) in [4.78, 5) is 27.0. The summed E-state index contributed by atoms with van der Waals surface area (Å²) in [6.07, 6.45) is 5.26. The zero-order valence-electron chi connectivity index (χ0n) is 15.6. The Balaban J connectivity index is 1.92. The summed E-state index contributed by atoms with van der Waals surface area (Å²) in [7, 11) is 1.62. The molecular weight excluding hydrogens is 344 g/mol. The molecule has 26 heavy (non-hydrogen) atoms. The van der Waals surface area contributed by atoms with Gasteiger partial charge in [0.25, 0.3) is 0 Å². The van der Waals surface area contributed by atoms with Crippen LogP contribution in [-0.4, -0.2) is 36.6 Å². The van der Waals surface area contributed by atoms with Gasteiger partial charge in [0.15, 0.2) is 0 Å². The molecule has 2 aromatic carbocycles. The van der Waals surface area contributed by atoms with Crippen molar-refractivity contribution < 1.29 is 9.59 Å². The van der Waals surface area contributed by atoms with Gasteiger partial charge >= 0.3 is 0 Å². The maximum absolute atomic E-state index is 12.2. The molecule has 136 valence electrons. The van der Waals surface area contributed by atoms with Gasteiger partial charge in [-0.15, -0.1) is 11.8 Å². The SMILES string of the molecule is CSc1ccc(/C=C/C(=O)N(C)CC(=O)Nc2cccc(C)c2C)cc1. The molecule has 2 rings (SSSR count). The second-order valence-electron chi connectivity index (χ2n) is 6.10. The van der Waals surface area contributed by atoms with Crippen molar-refractivity contribution in [3.05, 3.63) is 65.2 Å². The van der Waals surface area contributed by atoms with E-state index in [4.69, 9.17) is 0 Å². The molecule has 0 aromatic heterocycles. The van der Waals surface area contributed by atoms with E-state index in [1.54, 1.807) is 24.9 Å². The van der Waals surface area contributed by atoms with Crippen molar-refractivity contribution in [2.45, 2.75) is 18.7 Å². The van der Waals surface area contributed by atoms with Crippen LogP contribution in [0, 0.1) is 13.8 Å². The molecule has 0 radical (unpaired) electrons. The number of thioether (sulfide) groups is 1. The van der Waals surface area contributed by atoms with Crippen molar-refractivity contribution in [3.63, 3.8) is 0 Å². The minimum Gasteiger partial charge on any atom is -0.333 e. The first-order valence-corrected chi connectivity index (χ1v) is 9.56. The van der Waals surface area contributed by atoms with E-state index < -0.39 is 0 Å². The Morgan fingerprint density at radius 3 is 2.46 bits per heavy atom. The number of carbonyl (C=O) groups is 2. The average molecular weight is 369 g/mol. The first-order valence-electron chi connectivity index (χ1n) is 8.34. The minimum atomic E-state index is -0.215. The molecule has 0 spiro atoms. The molecule has 1 N–H and O–H groups in total. The van der Waals surface area contributed by atoms with Crippen molar-refractivity contribution >= 4 is 35.3 Å². The van der Waals surface area contributed by atoms with Crippen molar-refractivity contribution in [2.24, 2.45) is 0 Å². The molecule has 0 saturated heterocycles. The molecule has 5 heteroatoms. The fourth-order valence-electron chi connectivity index (χ4n) is 2.38. The second-order valence-corrected chi connectivity index (χ2v) is 6.98. The average Bonchev–Trinajstić information content (AvgIpc) is 2.63. The van der Waals surface area contributed by atoms with Crippen LogP contribution in [0.25, 0.3) is 6.08 Å². The van der Waals surface area contributed by atoms with E-state index in [1.165, 1.54) is 15.9 Å². The van der Waals surface area contributed by atoms with Gasteiger partial charge in [0.05, 0.1) is 6.54 Å². The Bertz CT molecular complexity index is 813. The number of hydrogen-bond acceptors (Lipinski definition) is 3. The fraction of sp³-hybridized carbons (Fsp3) is 0.238. The van der Waals surface area contributed by atoms with Crippen molar-refractivity contribution in [1.82, 2.24) is 4.90 Å². The highest BCUT2D eigenvalue weighted by Gasteiger charge is 2.12. The molecule has 0 saturated carbocycles. The van der Waals surface area contributed by atoms with E-state index in [0.717, 1.165) is 22.4 Å². The van der Waals surface area contributed by atoms with Gasteiger partial charge in [0.2, 0.25) is 11.8 Å². The van der Waals surface area contributed by atoms with Gasteiger partial charge in [0, 0.05) is 23.7 Å². The van der Waals surface area contributed by atoms with Gasteiger partial charge in [-0.25, -0.2) is 0 Å². The molecule has 0 atom stereocenters. The Morgan fingerprint density at radius 2 is 1.81 bits per heavy atom. The van der Waals surface area contributed by atoms with Gasteiger partial charge in [-0.3, -0.25) is 9.59 Å². The summed E-state index contributed by atoms with van der Waals surface area (Å²) in [5.74, 6) is -0.428. The van der Waals surface area contributed by atoms with Crippen LogP contribution in [0.4, 0.5) is 5.69 Å². The minimum absolute atomic E-state index is 0.00195. The third-order valence-electron chi connectivity index (χ3n) is 4.17. The highest BCUT2D eigenvalue weighted by molar-refractivity contribution is 7.98. The molecule has 0 unspecified atom stereocenters. The maximum atomic E-state index is 12.2. The number of nitrogens with zero attached hydrogens (tertiary/aromatic N) is 1. The standard InChI is InChI=1S/C21H24N2O2S/c1-15-6-5-7-19(16(15)2)22-20(24)14-23(3)21(25)13-10-17-8-11-18(26-4)12-9-17/h5-13H,14H2,1-4H3,(H,22,24)/b13-10+. The zero-order valence-corrected chi connectivity index (χ0v) is 16.4. The number of likely N-dealkylation sites (N-methyl/N-ethyl adjacent to an activating group) is 1. The van der Waals surface area contributed by atoms with Crippen LogP contribution in [0.5, 0.6) is 0 Å². The Kier molecular flexibility index (Phi) is 7.04. The summed E-state index contributed by atoms with van der Waals surface area (Å²) in [6.45, 7) is 3.96. The number of rotatable bonds is 6. The van der Waals surface area contributed by atoms with E-state index in [9.17, 15) is 9.59 Å². The van der Waals surface area contributed by atoms with E-state index in [2.05, 4.69) is 5.32 Å². The predicted octanol–water partition coefficient (Wildman–Crippen LogP) is 4.14. The first-order chi connectivity index (χ1) is 12.4. The molecule has 0 heterocycles. The molecule has 0 aliphatic carbocycles. The van der Waals surface area contributed by atoms with E-state index in [0.29, 0.717) is 0 Å². The molecule has 2 aromatic rings. The summed E-state index contributed by atoms with van der Waals surface area (Å²) < 4.78 is 0.